The molecule has 1 spiro atoms. The molecule has 1 N–H and O–H groups in total. The van der Waals surface area contributed by atoms with Gasteiger partial charge in [-0.25, -0.2) is 18.5 Å². The average molecular weight is 735 g/mol. The van der Waals surface area contributed by atoms with Crippen LogP contribution in [0.15, 0.2) is 54.6 Å². The van der Waals surface area contributed by atoms with Gasteiger partial charge in [-0.2, -0.15) is 18.3 Å². The number of hydrogen-bond acceptors (Lipinski definition) is 5. The summed E-state index contributed by atoms with van der Waals surface area (Å²) in [7, 11) is 0. The molecule has 0 bridgehead atoms. The fraction of sp³-hybridized carbons (Fsp3) is 0.371. The van der Waals surface area contributed by atoms with Gasteiger partial charge in [0.15, 0.2) is 5.69 Å². The lowest BCUT2D eigenvalue weighted by molar-refractivity contribution is -0.137. The summed E-state index contributed by atoms with van der Waals surface area (Å²) in [5.74, 6) is 2.83. The number of halogens is 7. The summed E-state index contributed by atoms with van der Waals surface area (Å²) in [6.07, 6.45) is -1.25. The van der Waals surface area contributed by atoms with Gasteiger partial charge in [-0.3, -0.25) is 15.1 Å². The van der Waals surface area contributed by atoms with Crippen molar-refractivity contribution in [2.75, 3.05) is 26.2 Å². The second-order valence-corrected chi connectivity index (χ2v) is 14.7. The number of nitrogens with one attached hydrogen (secondary N) is 1. The average Bonchev–Trinajstić information content (AvgIpc) is 3.54. The fourth-order valence-corrected chi connectivity index (χ4v) is 8.02. The van der Waals surface area contributed by atoms with Crippen molar-refractivity contribution in [2.24, 2.45) is 5.41 Å². The highest BCUT2D eigenvalue weighted by atomic mass is 35.5. The molecular formula is C35H30Cl2F5N5OS. The first-order valence-electron chi connectivity index (χ1n) is 15.8. The lowest BCUT2D eigenvalue weighted by atomic mass is 10.1. The number of nitrogens with zero attached hydrogens (tertiary/aromatic N) is 4. The van der Waals surface area contributed by atoms with Gasteiger partial charge in [0.2, 0.25) is 0 Å². The largest absolute Gasteiger partial charge is 0.416 e. The van der Waals surface area contributed by atoms with Crippen LogP contribution in [0.5, 0.6) is 0 Å². The van der Waals surface area contributed by atoms with Gasteiger partial charge in [0.1, 0.15) is 0 Å². The van der Waals surface area contributed by atoms with E-state index < -0.39 is 29.0 Å². The van der Waals surface area contributed by atoms with E-state index in [1.807, 2.05) is 16.0 Å². The highest BCUT2D eigenvalue weighted by Gasteiger charge is 2.72. The van der Waals surface area contributed by atoms with Crippen LogP contribution in [0.1, 0.15) is 64.2 Å². The van der Waals surface area contributed by atoms with Crippen LogP contribution in [0.4, 0.5) is 22.0 Å². The standard InChI is InChI=1S/C35H30Cl2F5N5OS/c36-24-9-12-28(27(37)18-24)47-31(29-13-11-25(49-29)10-6-22-4-7-23(8-5-22)35(40,41)42)26(19-45-17-14-33(21-45)20-34(33,38)39)30(43-47)32(48)44-46-15-2-1-3-16-46/h4-5,7-9,11-13,18H,1-3,14-17,19-21H2,(H,44,48). The van der Waals surface area contributed by atoms with E-state index in [4.69, 9.17) is 28.3 Å². The SMILES string of the molecule is O=C(NN1CCCCC1)c1nn(-c2ccc(Cl)cc2Cl)c(-c2ccc(C#Cc3ccc(C(F)(F)F)cc3)s2)c1CN1CCC2(C1)CC2(F)F. The summed E-state index contributed by atoms with van der Waals surface area (Å²) >= 11 is 14.2. The number of hydrogen-bond donors (Lipinski definition) is 1. The van der Waals surface area contributed by atoms with E-state index in [-0.39, 0.29) is 25.2 Å². The van der Waals surface area contributed by atoms with Gasteiger partial charge < -0.3 is 0 Å². The van der Waals surface area contributed by atoms with Crippen LogP contribution in [-0.4, -0.2) is 57.7 Å². The lowest BCUT2D eigenvalue weighted by Gasteiger charge is -2.26. The number of benzene rings is 2. The van der Waals surface area contributed by atoms with Crippen LogP contribution in [-0.2, 0) is 12.7 Å². The summed E-state index contributed by atoms with van der Waals surface area (Å²) in [5, 5.41) is 7.40. The van der Waals surface area contributed by atoms with Crippen LogP contribution in [0.25, 0.3) is 16.3 Å². The predicted octanol–water partition coefficient (Wildman–Crippen LogP) is 8.69. The number of likely N-dealkylation sites (tertiary alicyclic amines) is 1. The maximum Gasteiger partial charge on any atom is 0.416 e. The molecule has 2 aromatic heterocycles. The second-order valence-electron chi connectivity index (χ2n) is 12.8. The van der Waals surface area contributed by atoms with Crippen molar-refractivity contribution < 1.29 is 26.7 Å². The molecule has 4 aromatic rings. The van der Waals surface area contributed by atoms with Crippen LogP contribution >= 0.6 is 34.5 Å². The zero-order valence-electron chi connectivity index (χ0n) is 26.0. The molecule has 1 unspecified atom stereocenters. The quantitative estimate of drug-likeness (QED) is 0.159. The van der Waals surface area contributed by atoms with Gasteiger partial charge >= 0.3 is 6.18 Å². The molecule has 0 radical (unpaired) electrons. The Morgan fingerprint density at radius 3 is 2.37 bits per heavy atom. The van der Waals surface area contributed by atoms with Crippen molar-refractivity contribution in [2.45, 2.75) is 50.7 Å². The number of rotatable bonds is 6. The Kier molecular flexibility index (Phi) is 9.03. The van der Waals surface area contributed by atoms with Crippen LogP contribution in [0.3, 0.4) is 0 Å². The predicted molar refractivity (Wildman–Crippen MR) is 179 cm³/mol. The van der Waals surface area contributed by atoms with Gasteiger partial charge in [-0.05, 0) is 80.4 Å². The summed E-state index contributed by atoms with van der Waals surface area (Å²) in [6, 6.07) is 13.2. The smallest absolute Gasteiger partial charge is 0.298 e. The van der Waals surface area contributed by atoms with Crippen molar-refractivity contribution in [3.05, 3.63) is 91.9 Å². The van der Waals surface area contributed by atoms with Gasteiger partial charge in [-0.15, -0.1) is 11.3 Å². The van der Waals surface area contributed by atoms with Gasteiger partial charge in [0.25, 0.3) is 11.8 Å². The number of carbonyl (C=O) groups excluding carboxylic acids is 1. The monoisotopic (exact) mass is 733 g/mol. The van der Waals surface area contributed by atoms with Crippen molar-refractivity contribution in [3.63, 3.8) is 0 Å². The van der Waals surface area contributed by atoms with Gasteiger partial charge in [0, 0.05) is 48.7 Å². The Labute approximate surface area is 293 Å². The third-order valence-corrected chi connectivity index (χ3v) is 10.9. The Morgan fingerprint density at radius 2 is 1.71 bits per heavy atom. The summed E-state index contributed by atoms with van der Waals surface area (Å²) in [6.45, 7) is 2.25. The molecule has 4 heterocycles. The molecule has 7 rings (SSSR count). The molecular weight excluding hydrogens is 704 g/mol. The number of piperidine rings is 1. The highest BCUT2D eigenvalue weighted by molar-refractivity contribution is 7.16. The van der Waals surface area contributed by atoms with E-state index >= 15 is 0 Å². The van der Waals surface area contributed by atoms with Crippen molar-refractivity contribution >= 4 is 40.4 Å². The number of carbonyl (C=O) groups is 1. The first kappa shape index (κ1) is 34.0. The van der Waals surface area contributed by atoms with E-state index in [0.717, 1.165) is 31.4 Å². The zero-order chi connectivity index (χ0) is 34.6. The summed E-state index contributed by atoms with van der Waals surface area (Å²) in [5.41, 5.74) is 3.37. The normalized spacial score (nSPS) is 20.7. The molecule has 2 aromatic carbocycles. The topological polar surface area (TPSA) is 53.4 Å². The number of aromatic nitrogens is 2. The number of alkyl halides is 5. The minimum Gasteiger partial charge on any atom is -0.298 e. The van der Waals surface area contributed by atoms with E-state index in [1.165, 1.54) is 23.5 Å². The van der Waals surface area contributed by atoms with Crippen LogP contribution in [0, 0.1) is 17.3 Å². The first-order chi connectivity index (χ1) is 23.3. The summed E-state index contributed by atoms with van der Waals surface area (Å²) < 4.78 is 69.4. The van der Waals surface area contributed by atoms with Crippen LogP contribution < -0.4 is 5.43 Å². The highest BCUT2D eigenvalue weighted by Crippen LogP contribution is 2.65. The Hall–Kier alpha value is -3.47. The fourth-order valence-electron chi connectivity index (χ4n) is 6.61. The van der Waals surface area contributed by atoms with E-state index in [2.05, 4.69) is 17.3 Å². The third kappa shape index (κ3) is 6.97. The molecule has 14 heteroatoms. The maximum atomic E-state index is 14.4. The van der Waals surface area contributed by atoms with E-state index in [0.29, 0.717) is 68.4 Å². The molecule has 3 aliphatic rings. The number of hydrazine groups is 1. The van der Waals surface area contributed by atoms with E-state index in [9.17, 15) is 26.7 Å². The molecule has 6 nitrogen and oxygen atoms in total. The lowest BCUT2D eigenvalue weighted by Crippen LogP contribution is -2.45. The molecule has 3 fully saturated rings. The van der Waals surface area contributed by atoms with Crippen LogP contribution in [0.2, 0.25) is 10.0 Å². The summed E-state index contributed by atoms with van der Waals surface area (Å²) in [4.78, 5) is 17.2. The third-order valence-electron chi connectivity index (χ3n) is 9.36. The van der Waals surface area contributed by atoms with Crippen molar-refractivity contribution in [1.82, 2.24) is 25.1 Å². The minimum atomic E-state index is -4.44. The molecule has 1 saturated carbocycles. The Morgan fingerprint density at radius 1 is 0.980 bits per heavy atom. The molecule has 256 valence electrons. The molecule has 49 heavy (non-hydrogen) atoms. The Balaban J connectivity index is 1.30. The number of thiophene rings is 1. The van der Waals surface area contributed by atoms with Gasteiger partial charge in [0.05, 0.1) is 37.1 Å². The molecule has 1 atom stereocenters. The van der Waals surface area contributed by atoms with Gasteiger partial charge in [-0.1, -0.05) is 41.5 Å². The maximum absolute atomic E-state index is 14.4. The molecule has 2 saturated heterocycles. The number of amides is 1. The van der Waals surface area contributed by atoms with E-state index in [1.54, 1.807) is 28.9 Å². The molecule has 1 aliphatic carbocycles. The minimum absolute atomic E-state index is 0.142. The molecule has 2 aliphatic heterocycles. The van der Waals surface area contributed by atoms with Crippen molar-refractivity contribution in [1.29, 1.82) is 0 Å². The Bertz CT molecular complexity index is 1960. The second kappa shape index (κ2) is 13.0. The van der Waals surface area contributed by atoms with Crippen molar-refractivity contribution in [3.8, 4) is 28.1 Å². The molecule has 1 amide bonds. The zero-order valence-corrected chi connectivity index (χ0v) is 28.3. The first-order valence-corrected chi connectivity index (χ1v) is 17.4.